The molecule has 1 unspecified atom stereocenters. The first kappa shape index (κ1) is 27.6. The van der Waals surface area contributed by atoms with E-state index >= 15 is 0 Å². The van der Waals surface area contributed by atoms with Crippen LogP contribution in [-0.2, 0) is 5.66 Å². The number of nitrogens with zero attached hydrogens (tertiary/aromatic N) is 7. The minimum Gasteiger partial charge on any atom is -0.464 e. The highest BCUT2D eigenvalue weighted by Crippen LogP contribution is 2.49. The summed E-state index contributed by atoms with van der Waals surface area (Å²) in [5.41, 5.74) is 2.77. The summed E-state index contributed by atoms with van der Waals surface area (Å²) in [7, 11) is 0. The van der Waals surface area contributed by atoms with E-state index in [0.717, 1.165) is 58.1 Å². The maximum atomic E-state index is 6.39. The summed E-state index contributed by atoms with van der Waals surface area (Å²) in [4.78, 5) is 30.2. The Balaban J connectivity index is 1.32. The molecule has 0 fully saturated rings. The van der Waals surface area contributed by atoms with Crippen molar-refractivity contribution in [1.29, 1.82) is 0 Å². The zero-order valence-electron chi connectivity index (χ0n) is 26.0. The van der Waals surface area contributed by atoms with Gasteiger partial charge in [-0.25, -0.2) is 24.6 Å². The predicted molar refractivity (Wildman–Crippen MR) is 196 cm³/mol. The first-order chi connectivity index (χ1) is 24.7. The van der Waals surface area contributed by atoms with E-state index < -0.39 is 5.66 Å². The number of rotatable bonds is 5. The third-order valence-electron chi connectivity index (χ3n) is 9.09. The summed E-state index contributed by atoms with van der Waals surface area (Å²) in [5, 5.41) is 9.51. The van der Waals surface area contributed by atoms with Crippen LogP contribution < -0.4 is 15.7 Å². The second-order valence-electron chi connectivity index (χ2n) is 12.0. The molecule has 2 N–H and O–H groups in total. The number of fused-ring (bicyclic) bond motifs is 5. The van der Waals surface area contributed by atoms with E-state index in [1.165, 1.54) is 0 Å². The molecule has 11 rings (SSSR count). The molecule has 0 radical (unpaired) electrons. The lowest BCUT2D eigenvalue weighted by Crippen LogP contribution is -2.55. The van der Waals surface area contributed by atoms with Gasteiger partial charge in [-0.15, -0.1) is 22.7 Å². The summed E-state index contributed by atoms with van der Waals surface area (Å²) in [6, 6.07) is 38.8. The molecule has 1 aliphatic rings. The number of benzene rings is 4. The lowest BCUT2D eigenvalue weighted by atomic mass is 10.0. The number of thiophene rings is 1. The van der Waals surface area contributed by atoms with Crippen LogP contribution in [0.1, 0.15) is 10.8 Å². The Kier molecular flexibility index (Phi) is 5.69. The van der Waals surface area contributed by atoms with Crippen molar-refractivity contribution in [3.8, 4) is 11.6 Å². The van der Waals surface area contributed by atoms with Crippen LogP contribution >= 0.6 is 22.7 Å². The van der Waals surface area contributed by atoms with E-state index in [-0.39, 0.29) is 0 Å². The molecule has 6 aromatic heterocycles. The first-order valence-electron chi connectivity index (χ1n) is 16.0. The van der Waals surface area contributed by atoms with Gasteiger partial charge in [0.1, 0.15) is 10.4 Å². The van der Waals surface area contributed by atoms with Gasteiger partial charge < -0.3 is 14.4 Å². The molecule has 0 amide bonds. The Morgan fingerprint density at radius 2 is 1.46 bits per heavy atom. The molecular weight excluding hydrogens is 663 g/mol. The SMILES string of the molecule is c1coc(C2(c3nc4ccccc4s3)N=c3nc(-c4nc5ccccc5[nH]4)[nH]c3=C(n3ncc4ccccc43)N2c2cc3ccccc3s2)c1. The Hall–Kier alpha value is -6.37. The summed E-state index contributed by atoms with van der Waals surface area (Å²) >= 11 is 3.27. The smallest absolute Gasteiger partial charge is 0.251 e. The van der Waals surface area contributed by atoms with E-state index in [0.29, 0.717) is 28.2 Å². The average molecular weight is 686 g/mol. The van der Waals surface area contributed by atoms with Crippen LogP contribution in [-0.4, -0.2) is 34.7 Å². The first-order valence-corrected chi connectivity index (χ1v) is 17.6. The number of imidazole rings is 2. The summed E-state index contributed by atoms with van der Waals surface area (Å²) in [6.45, 7) is 0. The predicted octanol–water partition coefficient (Wildman–Crippen LogP) is 7.38. The average Bonchev–Trinajstić information content (AvgIpc) is 4.00. The van der Waals surface area contributed by atoms with Gasteiger partial charge in [0, 0.05) is 10.1 Å². The van der Waals surface area contributed by atoms with Gasteiger partial charge in [0.15, 0.2) is 33.7 Å². The van der Waals surface area contributed by atoms with E-state index in [1.54, 1.807) is 28.9 Å². The molecule has 10 aromatic rings. The van der Waals surface area contributed by atoms with Crippen molar-refractivity contribution < 1.29 is 4.42 Å². The molecule has 238 valence electrons. The fraction of sp³-hybridized carbons (Fsp3) is 0.0263. The van der Waals surface area contributed by atoms with Gasteiger partial charge in [0.25, 0.3) is 5.66 Å². The van der Waals surface area contributed by atoms with Crippen molar-refractivity contribution >= 4 is 75.7 Å². The Labute approximate surface area is 290 Å². The molecule has 0 aliphatic carbocycles. The van der Waals surface area contributed by atoms with Crippen molar-refractivity contribution in [2.24, 2.45) is 4.99 Å². The van der Waals surface area contributed by atoms with Crippen LogP contribution in [0.4, 0.5) is 5.00 Å². The van der Waals surface area contributed by atoms with Gasteiger partial charge in [0.05, 0.1) is 39.2 Å². The Bertz CT molecular complexity index is 2940. The fourth-order valence-corrected chi connectivity index (χ4v) is 9.05. The highest BCUT2D eigenvalue weighted by molar-refractivity contribution is 7.23. The third kappa shape index (κ3) is 3.91. The molecule has 0 bridgehead atoms. The van der Waals surface area contributed by atoms with E-state index in [4.69, 9.17) is 29.5 Å². The minimum absolute atomic E-state index is 0.489. The zero-order chi connectivity index (χ0) is 32.8. The lowest BCUT2D eigenvalue weighted by molar-refractivity contribution is 0.385. The topological polar surface area (TPSA) is 117 Å². The number of para-hydroxylation sites is 4. The van der Waals surface area contributed by atoms with Crippen LogP contribution in [0.25, 0.3) is 59.7 Å². The molecule has 10 nitrogen and oxygen atoms in total. The number of furan rings is 1. The Morgan fingerprint density at radius 1 is 0.680 bits per heavy atom. The summed E-state index contributed by atoms with van der Waals surface area (Å²) < 4.78 is 10.5. The van der Waals surface area contributed by atoms with Crippen molar-refractivity contribution in [3.63, 3.8) is 0 Å². The largest absolute Gasteiger partial charge is 0.464 e. The molecule has 7 heterocycles. The lowest BCUT2D eigenvalue weighted by Gasteiger charge is -2.40. The highest BCUT2D eigenvalue weighted by atomic mass is 32.1. The molecule has 12 heteroatoms. The molecule has 4 aromatic carbocycles. The number of hydrogen-bond donors (Lipinski definition) is 2. The van der Waals surface area contributed by atoms with Gasteiger partial charge in [-0.1, -0.05) is 60.7 Å². The van der Waals surface area contributed by atoms with Crippen LogP contribution in [0.3, 0.4) is 0 Å². The van der Waals surface area contributed by atoms with Gasteiger partial charge in [0.2, 0.25) is 0 Å². The maximum Gasteiger partial charge on any atom is 0.251 e. The van der Waals surface area contributed by atoms with Crippen molar-refractivity contribution in [3.05, 3.63) is 149 Å². The van der Waals surface area contributed by atoms with Crippen LogP contribution in [0.5, 0.6) is 0 Å². The van der Waals surface area contributed by atoms with Gasteiger partial charge in [-0.05, 0) is 60.0 Å². The van der Waals surface area contributed by atoms with Crippen LogP contribution in [0, 0.1) is 0 Å². The van der Waals surface area contributed by atoms with Crippen molar-refractivity contribution in [2.75, 3.05) is 4.90 Å². The van der Waals surface area contributed by atoms with E-state index in [1.807, 2.05) is 77.6 Å². The summed E-state index contributed by atoms with van der Waals surface area (Å²) in [5.74, 6) is 2.49. The van der Waals surface area contributed by atoms with Gasteiger partial charge in [-0.3, -0.25) is 4.90 Å². The molecule has 0 saturated heterocycles. The van der Waals surface area contributed by atoms with Gasteiger partial charge >= 0.3 is 0 Å². The second kappa shape index (κ2) is 10.3. The third-order valence-corrected chi connectivity index (χ3v) is 11.3. The number of thiazole rings is 1. The standard InChI is InChI=1S/C38H23N9OS2/c1-6-15-27-23(11-1)21-39-47(27)36-32-33(44-35(43-32)34-40-24-12-3-4-13-25(24)41-34)45-38(30-18-9-19-48-30,37-42-26-14-5-8-17-29(26)50-37)46(36)31-20-22-10-2-7-16-28(22)49-31/h1-21H,(H,40,41)(H,43,44,45). The number of anilines is 1. The number of hydrogen-bond acceptors (Lipinski definition) is 9. The fourth-order valence-electron chi connectivity index (χ4n) is 6.84. The van der Waals surface area contributed by atoms with E-state index in [2.05, 4.69) is 63.4 Å². The minimum atomic E-state index is -1.30. The maximum absolute atomic E-state index is 6.39. The van der Waals surface area contributed by atoms with Crippen LogP contribution in [0.2, 0.25) is 0 Å². The number of aromatic amines is 2. The molecule has 1 atom stereocenters. The molecule has 0 spiro atoms. The summed E-state index contributed by atoms with van der Waals surface area (Å²) in [6.07, 6.45) is 3.57. The number of H-pyrrole nitrogens is 2. The molecular formula is C38H23N9OS2. The molecule has 50 heavy (non-hydrogen) atoms. The monoisotopic (exact) mass is 685 g/mol. The quantitative estimate of drug-likeness (QED) is 0.195. The second-order valence-corrected chi connectivity index (χ2v) is 14.1. The Morgan fingerprint density at radius 3 is 2.30 bits per heavy atom. The highest BCUT2D eigenvalue weighted by Gasteiger charge is 2.51. The van der Waals surface area contributed by atoms with Gasteiger partial charge in [-0.2, -0.15) is 5.10 Å². The van der Waals surface area contributed by atoms with Crippen LogP contribution in [0.15, 0.2) is 137 Å². The zero-order valence-corrected chi connectivity index (χ0v) is 27.6. The van der Waals surface area contributed by atoms with Crippen molar-refractivity contribution in [1.82, 2.24) is 34.7 Å². The number of aromatic nitrogens is 7. The number of nitrogens with one attached hydrogen (secondary N) is 2. The molecule has 0 saturated carbocycles. The van der Waals surface area contributed by atoms with Crippen molar-refractivity contribution in [2.45, 2.75) is 5.66 Å². The molecule has 1 aliphatic heterocycles. The van der Waals surface area contributed by atoms with E-state index in [9.17, 15) is 0 Å². The normalized spacial score (nSPS) is 16.2.